The largest absolute Gasteiger partial charge is 0.383 e. The summed E-state index contributed by atoms with van der Waals surface area (Å²) < 4.78 is 6.79. The van der Waals surface area contributed by atoms with Crippen molar-refractivity contribution in [2.24, 2.45) is 0 Å². The summed E-state index contributed by atoms with van der Waals surface area (Å²) in [6.07, 6.45) is 0. The van der Waals surface area contributed by atoms with Crippen molar-refractivity contribution < 1.29 is 4.74 Å². The minimum Gasteiger partial charge on any atom is -0.383 e. The highest BCUT2D eigenvalue weighted by molar-refractivity contribution is 5.46. The van der Waals surface area contributed by atoms with Crippen LogP contribution in [-0.4, -0.2) is 40.5 Å². The molecule has 0 fully saturated rings. The fourth-order valence-electron chi connectivity index (χ4n) is 2.00. The number of nitrogens with one attached hydrogen (secondary N) is 1. The Morgan fingerprint density at radius 2 is 2.00 bits per heavy atom. The monoisotopic (exact) mass is 261 g/mol. The van der Waals surface area contributed by atoms with E-state index in [4.69, 9.17) is 4.74 Å². The molecular formula is C13H19N5O. The molecule has 0 saturated carbocycles. The maximum atomic E-state index is 4.99. The van der Waals surface area contributed by atoms with E-state index in [2.05, 4.69) is 46.8 Å². The van der Waals surface area contributed by atoms with Gasteiger partial charge in [0.05, 0.1) is 18.8 Å². The maximum Gasteiger partial charge on any atom is 0.170 e. The van der Waals surface area contributed by atoms with Crippen LogP contribution in [-0.2, 0) is 11.3 Å². The number of ether oxygens (including phenoxy) is 1. The number of tetrazole rings is 1. The third-order valence-corrected chi connectivity index (χ3v) is 2.95. The molecule has 0 atom stereocenters. The number of para-hydroxylation sites is 1. The SMILES string of the molecule is COCCNCc1nnnn1-c1c(C)cccc1C. The molecule has 6 heteroatoms. The van der Waals surface area contributed by atoms with Gasteiger partial charge in [-0.15, -0.1) is 5.10 Å². The lowest BCUT2D eigenvalue weighted by molar-refractivity contribution is 0.199. The van der Waals surface area contributed by atoms with Gasteiger partial charge in [0.1, 0.15) is 0 Å². The minimum absolute atomic E-state index is 0.615. The maximum absolute atomic E-state index is 4.99. The highest BCUT2D eigenvalue weighted by Gasteiger charge is 2.11. The van der Waals surface area contributed by atoms with E-state index < -0.39 is 0 Å². The molecule has 0 aliphatic rings. The number of benzene rings is 1. The molecule has 1 aromatic carbocycles. The molecule has 0 aliphatic carbocycles. The second-order valence-corrected chi connectivity index (χ2v) is 4.42. The minimum atomic E-state index is 0.615. The number of aryl methyl sites for hydroxylation is 2. The van der Waals surface area contributed by atoms with Crippen LogP contribution in [0.4, 0.5) is 0 Å². The molecule has 19 heavy (non-hydrogen) atoms. The second-order valence-electron chi connectivity index (χ2n) is 4.42. The van der Waals surface area contributed by atoms with Crippen LogP contribution in [0.3, 0.4) is 0 Å². The molecule has 102 valence electrons. The van der Waals surface area contributed by atoms with Crippen molar-refractivity contribution in [1.29, 1.82) is 0 Å². The van der Waals surface area contributed by atoms with Gasteiger partial charge in [-0.05, 0) is 35.4 Å². The smallest absolute Gasteiger partial charge is 0.170 e. The molecule has 0 aliphatic heterocycles. The highest BCUT2D eigenvalue weighted by Crippen LogP contribution is 2.18. The number of hydrogen-bond donors (Lipinski definition) is 1. The molecule has 0 radical (unpaired) electrons. The predicted octanol–water partition coefficient (Wildman–Crippen LogP) is 1.02. The summed E-state index contributed by atoms with van der Waals surface area (Å²) in [5.41, 5.74) is 3.37. The van der Waals surface area contributed by atoms with Crippen molar-refractivity contribution in [3.05, 3.63) is 35.2 Å². The first-order valence-electron chi connectivity index (χ1n) is 6.27. The Hall–Kier alpha value is -1.79. The molecule has 6 nitrogen and oxygen atoms in total. The van der Waals surface area contributed by atoms with Crippen LogP contribution < -0.4 is 5.32 Å². The Bertz CT molecular complexity index is 517. The van der Waals surface area contributed by atoms with Crippen molar-refractivity contribution in [3.8, 4) is 5.69 Å². The predicted molar refractivity (Wildman–Crippen MR) is 72.2 cm³/mol. The molecular weight excluding hydrogens is 242 g/mol. The van der Waals surface area contributed by atoms with Crippen molar-refractivity contribution >= 4 is 0 Å². The summed E-state index contributed by atoms with van der Waals surface area (Å²) >= 11 is 0. The van der Waals surface area contributed by atoms with Gasteiger partial charge in [0.2, 0.25) is 0 Å². The summed E-state index contributed by atoms with van der Waals surface area (Å²) in [5.74, 6) is 0.800. The Balaban J connectivity index is 2.19. The van der Waals surface area contributed by atoms with E-state index in [9.17, 15) is 0 Å². The average Bonchev–Trinajstić information content (AvgIpc) is 2.83. The van der Waals surface area contributed by atoms with E-state index in [1.165, 1.54) is 0 Å². The van der Waals surface area contributed by atoms with Crippen molar-refractivity contribution in [3.63, 3.8) is 0 Å². The topological polar surface area (TPSA) is 64.9 Å². The van der Waals surface area contributed by atoms with Gasteiger partial charge < -0.3 is 10.1 Å². The average molecular weight is 261 g/mol. The zero-order valence-electron chi connectivity index (χ0n) is 11.6. The number of aromatic nitrogens is 4. The van der Waals surface area contributed by atoms with Gasteiger partial charge in [0.25, 0.3) is 0 Å². The molecule has 0 unspecified atom stereocenters. The third-order valence-electron chi connectivity index (χ3n) is 2.95. The van der Waals surface area contributed by atoms with Crippen LogP contribution in [0, 0.1) is 13.8 Å². The van der Waals surface area contributed by atoms with E-state index in [-0.39, 0.29) is 0 Å². The normalized spacial score (nSPS) is 10.9. The van der Waals surface area contributed by atoms with Crippen molar-refractivity contribution in [2.45, 2.75) is 20.4 Å². The van der Waals surface area contributed by atoms with Crippen LogP contribution >= 0.6 is 0 Å². The standard InChI is InChI=1S/C13H19N5O/c1-10-5-4-6-11(2)13(10)18-12(15-16-17-18)9-14-7-8-19-3/h4-6,14H,7-9H2,1-3H3. The number of methoxy groups -OCH3 is 1. The van der Waals surface area contributed by atoms with E-state index >= 15 is 0 Å². The first kappa shape index (κ1) is 13.6. The van der Waals surface area contributed by atoms with E-state index in [1.807, 2.05) is 6.07 Å². The molecule has 0 saturated heterocycles. The first-order chi connectivity index (χ1) is 9.24. The van der Waals surface area contributed by atoms with Crippen molar-refractivity contribution in [1.82, 2.24) is 25.5 Å². The summed E-state index contributed by atoms with van der Waals surface area (Å²) in [4.78, 5) is 0. The van der Waals surface area contributed by atoms with Crippen LogP contribution in [0.25, 0.3) is 5.69 Å². The van der Waals surface area contributed by atoms with Gasteiger partial charge in [-0.3, -0.25) is 0 Å². The Kier molecular flexibility index (Phi) is 4.59. The summed E-state index contributed by atoms with van der Waals surface area (Å²) in [5, 5.41) is 15.2. The Morgan fingerprint density at radius 1 is 1.26 bits per heavy atom. The fraction of sp³-hybridized carbons (Fsp3) is 0.462. The zero-order valence-corrected chi connectivity index (χ0v) is 11.6. The van der Waals surface area contributed by atoms with Crippen LogP contribution in [0.2, 0.25) is 0 Å². The molecule has 1 aromatic heterocycles. The molecule has 2 aromatic rings. The van der Waals surface area contributed by atoms with Gasteiger partial charge in [0.15, 0.2) is 5.82 Å². The quantitative estimate of drug-likeness (QED) is 0.786. The Labute approximate surface area is 112 Å². The number of rotatable bonds is 6. The molecule has 0 amide bonds. The van der Waals surface area contributed by atoms with E-state index in [0.29, 0.717) is 13.2 Å². The lowest BCUT2D eigenvalue weighted by Gasteiger charge is -2.11. The van der Waals surface area contributed by atoms with Gasteiger partial charge >= 0.3 is 0 Å². The summed E-state index contributed by atoms with van der Waals surface area (Å²) in [6.45, 7) is 6.18. The van der Waals surface area contributed by atoms with Crippen LogP contribution in [0.15, 0.2) is 18.2 Å². The van der Waals surface area contributed by atoms with Crippen LogP contribution in [0.5, 0.6) is 0 Å². The number of hydrogen-bond acceptors (Lipinski definition) is 5. The molecule has 2 rings (SSSR count). The van der Waals surface area contributed by atoms with Crippen LogP contribution in [0.1, 0.15) is 17.0 Å². The molecule has 1 heterocycles. The van der Waals surface area contributed by atoms with Gasteiger partial charge in [0, 0.05) is 13.7 Å². The van der Waals surface area contributed by atoms with Gasteiger partial charge in [-0.25, -0.2) is 0 Å². The molecule has 0 bridgehead atoms. The summed E-state index contributed by atoms with van der Waals surface area (Å²) in [6, 6.07) is 6.16. The highest BCUT2D eigenvalue weighted by atomic mass is 16.5. The number of nitrogens with zero attached hydrogens (tertiary/aromatic N) is 4. The molecule has 1 N–H and O–H groups in total. The van der Waals surface area contributed by atoms with E-state index in [1.54, 1.807) is 11.8 Å². The lowest BCUT2D eigenvalue weighted by atomic mass is 10.1. The fourth-order valence-corrected chi connectivity index (χ4v) is 2.00. The third kappa shape index (κ3) is 3.15. The second kappa shape index (κ2) is 6.40. The van der Waals surface area contributed by atoms with E-state index in [0.717, 1.165) is 29.2 Å². The van der Waals surface area contributed by atoms with Gasteiger partial charge in [-0.1, -0.05) is 18.2 Å². The summed E-state index contributed by atoms with van der Waals surface area (Å²) in [7, 11) is 1.68. The lowest BCUT2D eigenvalue weighted by Crippen LogP contribution is -2.21. The first-order valence-corrected chi connectivity index (χ1v) is 6.27. The Morgan fingerprint density at radius 3 is 2.68 bits per heavy atom. The zero-order chi connectivity index (χ0) is 13.7. The van der Waals surface area contributed by atoms with Gasteiger partial charge in [-0.2, -0.15) is 4.68 Å². The van der Waals surface area contributed by atoms with Crippen molar-refractivity contribution in [2.75, 3.05) is 20.3 Å². The molecule has 0 spiro atoms.